The standard InChI is InChI=1S/C14H14ClNO2/c1-9-5-10(15)3-4-14(9)18-13-7-11(16)6-12(8-13)17-2/h3-8H,16H2,1-2H3. The summed E-state index contributed by atoms with van der Waals surface area (Å²) in [6.07, 6.45) is 0. The van der Waals surface area contributed by atoms with Gasteiger partial charge in [0.2, 0.25) is 0 Å². The van der Waals surface area contributed by atoms with Crippen LogP contribution >= 0.6 is 11.6 Å². The summed E-state index contributed by atoms with van der Waals surface area (Å²) < 4.78 is 10.9. The molecule has 0 fully saturated rings. The molecule has 2 N–H and O–H groups in total. The Labute approximate surface area is 111 Å². The van der Waals surface area contributed by atoms with Crippen molar-refractivity contribution in [1.82, 2.24) is 0 Å². The second-order valence-electron chi connectivity index (χ2n) is 3.95. The van der Waals surface area contributed by atoms with E-state index in [1.165, 1.54) is 0 Å². The highest BCUT2D eigenvalue weighted by molar-refractivity contribution is 6.30. The van der Waals surface area contributed by atoms with E-state index in [-0.39, 0.29) is 0 Å². The highest BCUT2D eigenvalue weighted by atomic mass is 35.5. The minimum absolute atomic E-state index is 0.593. The van der Waals surface area contributed by atoms with E-state index in [4.69, 9.17) is 26.8 Å². The lowest BCUT2D eigenvalue weighted by Gasteiger charge is -2.11. The maximum atomic E-state index is 5.90. The third kappa shape index (κ3) is 2.87. The Bertz CT molecular complexity index is 570. The van der Waals surface area contributed by atoms with Crippen LogP contribution in [0.2, 0.25) is 5.02 Å². The number of halogens is 1. The molecule has 2 aromatic carbocycles. The number of methoxy groups -OCH3 is 1. The SMILES string of the molecule is COc1cc(N)cc(Oc2ccc(Cl)cc2C)c1. The van der Waals surface area contributed by atoms with Gasteiger partial charge in [-0.05, 0) is 30.7 Å². The van der Waals surface area contributed by atoms with E-state index in [0.717, 1.165) is 11.3 Å². The summed E-state index contributed by atoms with van der Waals surface area (Å²) in [5.41, 5.74) is 7.33. The minimum atomic E-state index is 0.593. The smallest absolute Gasteiger partial charge is 0.133 e. The molecular weight excluding hydrogens is 250 g/mol. The average molecular weight is 264 g/mol. The number of nitrogen functional groups attached to an aromatic ring is 1. The molecule has 0 saturated heterocycles. The molecule has 2 aromatic rings. The van der Waals surface area contributed by atoms with E-state index in [9.17, 15) is 0 Å². The highest BCUT2D eigenvalue weighted by Crippen LogP contribution is 2.31. The molecule has 0 amide bonds. The quantitative estimate of drug-likeness (QED) is 0.851. The van der Waals surface area contributed by atoms with Crippen LogP contribution < -0.4 is 15.2 Å². The summed E-state index contributed by atoms with van der Waals surface area (Å²) in [5, 5.41) is 0.685. The van der Waals surface area contributed by atoms with Gasteiger partial charge in [-0.2, -0.15) is 0 Å². The molecule has 0 heterocycles. The average Bonchev–Trinajstić information content (AvgIpc) is 2.32. The zero-order valence-corrected chi connectivity index (χ0v) is 11.0. The molecule has 2 rings (SSSR count). The summed E-state index contributed by atoms with van der Waals surface area (Å²) in [5.74, 6) is 2.04. The Morgan fingerprint density at radius 2 is 1.78 bits per heavy atom. The van der Waals surface area contributed by atoms with Crippen LogP contribution in [-0.4, -0.2) is 7.11 Å². The fourth-order valence-electron chi connectivity index (χ4n) is 1.62. The van der Waals surface area contributed by atoms with Gasteiger partial charge in [0.25, 0.3) is 0 Å². The van der Waals surface area contributed by atoms with Crippen LogP contribution in [0.3, 0.4) is 0 Å². The lowest BCUT2D eigenvalue weighted by atomic mass is 10.2. The van der Waals surface area contributed by atoms with Gasteiger partial charge >= 0.3 is 0 Å². The van der Waals surface area contributed by atoms with E-state index < -0.39 is 0 Å². The summed E-state index contributed by atoms with van der Waals surface area (Å²) >= 11 is 5.90. The van der Waals surface area contributed by atoms with E-state index in [0.29, 0.717) is 22.2 Å². The van der Waals surface area contributed by atoms with Crippen molar-refractivity contribution in [3.63, 3.8) is 0 Å². The van der Waals surface area contributed by atoms with E-state index in [2.05, 4.69) is 0 Å². The Hall–Kier alpha value is -1.87. The van der Waals surface area contributed by atoms with Crippen molar-refractivity contribution >= 4 is 17.3 Å². The van der Waals surface area contributed by atoms with Crippen molar-refractivity contribution in [2.24, 2.45) is 0 Å². The summed E-state index contributed by atoms with van der Waals surface area (Å²) in [6.45, 7) is 1.94. The number of benzene rings is 2. The Morgan fingerprint density at radius 3 is 2.44 bits per heavy atom. The first-order valence-corrected chi connectivity index (χ1v) is 5.85. The zero-order valence-electron chi connectivity index (χ0n) is 10.2. The molecule has 0 aromatic heterocycles. The molecule has 4 heteroatoms. The number of aryl methyl sites for hydroxylation is 1. The van der Waals surface area contributed by atoms with Crippen molar-refractivity contribution in [2.45, 2.75) is 6.92 Å². The predicted molar refractivity (Wildman–Crippen MR) is 73.7 cm³/mol. The zero-order chi connectivity index (χ0) is 13.1. The van der Waals surface area contributed by atoms with E-state index in [1.807, 2.05) is 19.1 Å². The molecule has 0 saturated carbocycles. The monoisotopic (exact) mass is 263 g/mol. The number of hydrogen-bond acceptors (Lipinski definition) is 3. The van der Waals surface area contributed by atoms with Crippen LogP contribution in [0.5, 0.6) is 17.2 Å². The van der Waals surface area contributed by atoms with Crippen molar-refractivity contribution < 1.29 is 9.47 Å². The lowest BCUT2D eigenvalue weighted by molar-refractivity contribution is 0.409. The molecule has 0 aliphatic carbocycles. The first-order valence-electron chi connectivity index (χ1n) is 5.47. The highest BCUT2D eigenvalue weighted by Gasteiger charge is 2.05. The maximum Gasteiger partial charge on any atom is 0.133 e. The Balaban J connectivity index is 2.30. The molecule has 0 aliphatic heterocycles. The summed E-state index contributed by atoms with van der Waals surface area (Å²) in [4.78, 5) is 0. The van der Waals surface area contributed by atoms with Crippen molar-refractivity contribution in [3.05, 3.63) is 47.0 Å². The molecule has 0 atom stereocenters. The maximum absolute atomic E-state index is 5.90. The van der Waals surface area contributed by atoms with Crippen LogP contribution in [0.25, 0.3) is 0 Å². The van der Waals surface area contributed by atoms with Gasteiger partial charge in [0, 0.05) is 28.9 Å². The number of rotatable bonds is 3. The van der Waals surface area contributed by atoms with Gasteiger partial charge in [-0.25, -0.2) is 0 Å². The lowest BCUT2D eigenvalue weighted by Crippen LogP contribution is -1.92. The molecule has 0 radical (unpaired) electrons. The van der Waals surface area contributed by atoms with Crippen LogP contribution in [0.4, 0.5) is 5.69 Å². The van der Waals surface area contributed by atoms with Crippen LogP contribution in [-0.2, 0) is 0 Å². The van der Waals surface area contributed by atoms with E-state index in [1.54, 1.807) is 31.4 Å². The fraction of sp³-hybridized carbons (Fsp3) is 0.143. The topological polar surface area (TPSA) is 44.5 Å². The molecule has 0 bridgehead atoms. The predicted octanol–water partition coefficient (Wildman–Crippen LogP) is 4.03. The normalized spacial score (nSPS) is 10.2. The molecule has 0 aliphatic rings. The van der Waals surface area contributed by atoms with Gasteiger partial charge < -0.3 is 15.2 Å². The van der Waals surface area contributed by atoms with Crippen LogP contribution in [0, 0.1) is 6.92 Å². The van der Waals surface area contributed by atoms with Crippen LogP contribution in [0.1, 0.15) is 5.56 Å². The third-order valence-corrected chi connectivity index (χ3v) is 2.74. The summed E-state index contributed by atoms with van der Waals surface area (Å²) in [6, 6.07) is 10.7. The van der Waals surface area contributed by atoms with Gasteiger partial charge in [0.15, 0.2) is 0 Å². The van der Waals surface area contributed by atoms with Crippen molar-refractivity contribution in [1.29, 1.82) is 0 Å². The van der Waals surface area contributed by atoms with E-state index >= 15 is 0 Å². The molecular formula is C14H14ClNO2. The fourth-order valence-corrected chi connectivity index (χ4v) is 1.85. The molecule has 3 nitrogen and oxygen atoms in total. The number of ether oxygens (including phenoxy) is 2. The van der Waals surface area contributed by atoms with Gasteiger partial charge in [0.1, 0.15) is 17.2 Å². The second-order valence-corrected chi connectivity index (χ2v) is 4.39. The summed E-state index contributed by atoms with van der Waals surface area (Å²) in [7, 11) is 1.59. The van der Waals surface area contributed by atoms with Gasteiger partial charge in [-0.3, -0.25) is 0 Å². The third-order valence-electron chi connectivity index (χ3n) is 2.50. The number of nitrogens with two attached hydrogens (primary N) is 1. The van der Waals surface area contributed by atoms with Gasteiger partial charge in [0.05, 0.1) is 7.11 Å². The van der Waals surface area contributed by atoms with Gasteiger partial charge in [-0.1, -0.05) is 11.6 Å². The molecule has 0 spiro atoms. The van der Waals surface area contributed by atoms with Crippen molar-refractivity contribution in [2.75, 3.05) is 12.8 Å². The Morgan fingerprint density at radius 1 is 1.06 bits per heavy atom. The second kappa shape index (κ2) is 5.19. The molecule has 94 valence electrons. The number of hydrogen-bond donors (Lipinski definition) is 1. The molecule has 18 heavy (non-hydrogen) atoms. The minimum Gasteiger partial charge on any atom is -0.497 e. The van der Waals surface area contributed by atoms with Crippen LogP contribution in [0.15, 0.2) is 36.4 Å². The van der Waals surface area contributed by atoms with Gasteiger partial charge in [-0.15, -0.1) is 0 Å². The Kier molecular flexibility index (Phi) is 3.63. The first-order chi connectivity index (χ1) is 8.58. The molecule has 0 unspecified atom stereocenters. The number of anilines is 1. The first kappa shape index (κ1) is 12.6. The van der Waals surface area contributed by atoms with Crippen molar-refractivity contribution in [3.8, 4) is 17.2 Å². The largest absolute Gasteiger partial charge is 0.497 e.